The van der Waals surface area contributed by atoms with E-state index in [1.807, 2.05) is 30.3 Å². The third kappa shape index (κ3) is 1.60. The third-order valence-electron chi connectivity index (χ3n) is 1.84. The lowest BCUT2D eigenvalue weighted by Gasteiger charge is -1.90. The molecule has 1 aromatic rings. The molecule has 1 aliphatic carbocycles. The van der Waals surface area contributed by atoms with Crippen molar-refractivity contribution in [2.45, 2.75) is 12.3 Å². The fraction of sp³-hybridized carbons (Fsp3) is 0.222. The van der Waals surface area contributed by atoms with Gasteiger partial charge in [-0.1, -0.05) is 30.3 Å². The Morgan fingerprint density at radius 3 is 2.18 bits per heavy atom. The van der Waals surface area contributed by atoms with Gasteiger partial charge in [-0.05, 0) is 5.56 Å². The van der Waals surface area contributed by atoms with E-state index in [2.05, 4.69) is 0 Å². The Hall–Kier alpha value is -0.820. The molecule has 1 fully saturated rings. The van der Waals surface area contributed by atoms with E-state index < -0.39 is 0 Å². The fourth-order valence-electron chi connectivity index (χ4n) is 1.13. The maximum absolute atomic E-state index is 10.7. The molecule has 1 saturated carbocycles. The molecule has 0 radical (unpaired) electrons. The lowest BCUT2D eigenvalue weighted by Crippen LogP contribution is -3.00. The molecule has 0 bridgehead atoms. The highest BCUT2D eigenvalue weighted by molar-refractivity contribution is 6.01. The van der Waals surface area contributed by atoms with E-state index in [0.717, 1.165) is 6.42 Å². The topological polar surface area (TPSA) is 17.1 Å². The van der Waals surface area contributed by atoms with Gasteiger partial charge in [-0.25, -0.2) is 0 Å². The lowest BCUT2D eigenvalue weighted by molar-refractivity contribution is -0.110. The molecule has 0 N–H and O–H groups in total. The van der Waals surface area contributed by atoms with Gasteiger partial charge in [-0.15, -0.1) is 0 Å². The molecule has 0 aliphatic heterocycles. The number of rotatable bonds is 1. The largest absolute Gasteiger partial charge is 1.00 e. The van der Waals surface area contributed by atoms with Gasteiger partial charge in [0.25, 0.3) is 0 Å². The number of ketones is 1. The molecule has 1 nitrogen and oxygen atoms in total. The first kappa shape index (κ1) is 8.28. The molecule has 2 rings (SSSR count). The minimum absolute atomic E-state index is 0. The number of carbonyl (C=O) groups is 1. The Bertz CT molecular complexity index is 256. The van der Waals surface area contributed by atoms with E-state index in [9.17, 15) is 4.79 Å². The predicted molar refractivity (Wildman–Crippen MR) is 38.8 cm³/mol. The van der Waals surface area contributed by atoms with Crippen LogP contribution in [0.15, 0.2) is 30.3 Å². The Morgan fingerprint density at radius 2 is 1.73 bits per heavy atom. The minimum atomic E-state index is 0. The molecule has 1 unspecified atom stereocenters. The van der Waals surface area contributed by atoms with Crippen LogP contribution in [0, 0.1) is 0 Å². The average Bonchev–Trinajstić information content (AvgIpc) is 2.69. The molecule has 1 aromatic carbocycles. The van der Waals surface area contributed by atoms with Gasteiger partial charge in [0.1, 0.15) is 5.78 Å². The normalized spacial score (nSPS) is 20.7. The van der Waals surface area contributed by atoms with Gasteiger partial charge >= 0.3 is 0 Å². The van der Waals surface area contributed by atoms with Gasteiger partial charge in [-0.3, -0.25) is 4.79 Å². The molecule has 58 valence electrons. The van der Waals surface area contributed by atoms with Crippen molar-refractivity contribution < 1.29 is 17.2 Å². The Kier molecular flexibility index (Phi) is 2.30. The van der Waals surface area contributed by atoms with Crippen LogP contribution in [0.2, 0.25) is 0 Å². The summed E-state index contributed by atoms with van der Waals surface area (Å²) < 4.78 is 0. The van der Waals surface area contributed by atoms with Gasteiger partial charge in [0.15, 0.2) is 0 Å². The maximum atomic E-state index is 10.7. The SMILES string of the molecule is O=C1CC1c1ccccc1.[Cl-]. The molecule has 0 amide bonds. The van der Waals surface area contributed by atoms with Gasteiger partial charge in [-0.2, -0.15) is 0 Å². The van der Waals surface area contributed by atoms with Crippen molar-refractivity contribution in [3.8, 4) is 0 Å². The van der Waals surface area contributed by atoms with E-state index >= 15 is 0 Å². The summed E-state index contributed by atoms with van der Waals surface area (Å²) in [6.45, 7) is 0. The quantitative estimate of drug-likeness (QED) is 0.511. The van der Waals surface area contributed by atoms with E-state index in [4.69, 9.17) is 0 Å². The number of hydrogen-bond acceptors (Lipinski definition) is 1. The average molecular weight is 168 g/mol. The highest BCUT2D eigenvalue weighted by atomic mass is 35.5. The molecule has 0 heterocycles. The van der Waals surface area contributed by atoms with Gasteiger partial charge in [0, 0.05) is 12.3 Å². The van der Waals surface area contributed by atoms with Crippen LogP contribution in [0.25, 0.3) is 0 Å². The Labute approximate surface area is 71.8 Å². The molecular weight excluding hydrogens is 160 g/mol. The van der Waals surface area contributed by atoms with Gasteiger partial charge in [0.2, 0.25) is 0 Å². The summed E-state index contributed by atoms with van der Waals surface area (Å²) >= 11 is 0. The van der Waals surface area contributed by atoms with Crippen LogP contribution in [0.3, 0.4) is 0 Å². The molecule has 0 spiro atoms. The molecule has 1 atom stereocenters. The van der Waals surface area contributed by atoms with Crippen molar-refractivity contribution in [2.75, 3.05) is 0 Å². The summed E-state index contributed by atoms with van der Waals surface area (Å²) in [6.07, 6.45) is 0.754. The second kappa shape index (κ2) is 3.05. The van der Waals surface area contributed by atoms with Crippen molar-refractivity contribution in [3.05, 3.63) is 35.9 Å². The summed E-state index contributed by atoms with van der Waals surface area (Å²) in [7, 11) is 0. The maximum Gasteiger partial charge on any atom is 0.141 e. The van der Waals surface area contributed by atoms with E-state index in [-0.39, 0.29) is 18.3 Å². The van der Waals surface area contributed by atoms with Crippen molar-refractivity contribution in [2.24, 2.45) is 0 Å². The van der Waals surface area contributed by atoms with Crippen molar-refractivity contribution in [3.63, 3.8) is 0 Å². The molecule has 1 aliphatic rings. The standard InChI is InChI=1S/C9H8O.ClH/c10-9-6-8(9)7-4-2-1-3-5-7;/h1-5,8H,6H2;1H/p-1. The first-order valence-corrected chi connectivity index (χ1v) is 3.45. The summed E-state index contributed by atoms with van der Waals surface area (Å²) in [5.74, 6) is 0.618. The zero-order valence-electron chi connectivity index (χ0n) is 5.96. The van der Waals surface area contributed by atoms with Gasteiger partial charge < -0.3 is 12.4 Å². The van der Waals surface area contributed by atoms with Gasteiger partial charge in [0.05, 0.1) is 0 Å². The third-order valence-corrected chi connectivity index (χ3v) is 1.84. The molecule has 0 saturated heterocycles. The number of halogens is 1. The molecule has 0 aromatic heterocycles. The minimum Gasteiger partial charge on any atom is -1.00 e. The summed E-state index contributed by atoms with van der Waals surface area (Å²) in [5.41, 5.74) is 1.17. The van der Waals surface area contributed by atoms with Crippen LogP contribution in [0.5, 0.6) is 0 Å². The molecular formula is C9H8ClO-. The lowest BCUT2D eigenvalue weighted by atomic mass is 10.1. The number of carbonyl (C=O) groups excluding carboxylic acids is 1. The van der Waals surface area contributed by atoms with E-state index in [1.165, 1.54) is 5.56 Å². The van der Waals surface area contributed by atoms with E-state index in [0.29, 0.717) is 5.78 Å². The smallest absolute Gasteiger partial charge is 0.141 e. The monoisotopic (exact) mass is 167 g/mol. The highest BCUT2D eigenvalue weighted by Crippen LogP contribution is 2.35. The van der Waals surface area contributed by atoms with E-state index in [1.54, 1.807) is 0 Å². The van der Waals surface area contributed by atoms with Crippen LogP contribution >= 0.6 is 0 Å². The van der Waals surface area contributed by atoms with Crippen LogP contribution in [-0.4, -0.2) is 5.78 Å². The zero-order valence-corrected chi connectivity index (χ0v) is 6.71. The van der Waals surface area contributed by atoms with Crippen LogP contribution < -0.4 is 12.4 Å². The summed E-state index contributed by atoms with van der Waals surface area (Å²) in [5, 5.41) is 0. The molecule has 2 heteroatoms. The van der Waals surface area contributed by atoms with Crippen LogP contribution in [-0.2, 0) is 4.79 Å². The second-order valence-corrected chi connectivity index (χ2v) is 2.63. The first-order valence-electron chi connectivity index (χ1n) is 3.45. The number of Topliss-reactive ketones (excluding diaryl/α,β-unsaturated/α-hetero) is 1. The van der Waals surface area contributed by atoms with Crippen LogP contribution in [0.1, 0.15) is 17.9 Å². The fourth-order valence-corrected chi connectivity index (χ4v) is 1.13. The summed E-state index contributed by atoms with van der Waals surface area (Å²) in [6, 6.07) is 9.93. The first-order chi connectivity index (χ1) is 4.88. The Balaban J connectivity index is 0.000000605. The zero-order chi connectivity index (χ0) is 6.97. The second-order valence-electron chi connectivity index (χ2n) is 2.63. The van der Waals surface area contributed by atoms with Crippen molar-refractivity contribution in [1.29, 1.82) is 0 Å². The summed E-state index contributed by atoms with van der Waals surface area (Å²) in [4.78, 5) is 10.7. The predicted octanol–water partition coefficient (Wildman–Crippen LogP) is -1.25. The molecule has 11 heavy (non-hydrogen) atoms. The van der Waals surface area contributed by atoms with Crippen molar-refractivity contribution in [1.82, 2.24) is 0 Å². The highest BCUT2D eigenvalue weighted by Gasteiger charge is 2.35. The Morgan fingerprint density at radius 1 is 1.18 bits per heavy atom. The van der Waals surface area contributed by atoms with Crippen LogP contribution in [0.4, 0.5) is 0 Å². The van der Waals surface area contributed by atoms with Crippen molar-refractivity contribution >= 4 is 5.78 Å². The number of benzene rings is 1. The number of hydrogen-bond donors (Lipinski definition) is 0.